The molecule has 0 spiro atoms. The Labute approximate surface area is 91.0 Å². The summed E-state index contributed by atoms with van der Waals surface area (Å²) in [6.07, 6.45) is 3.57. The predicted octanol–water partition coefficient (Wildman–Crippen LogP) is 0.581. The Morgan fingerprint density at radius 2 is 2.33 bits per heavy atom. The fourth-order valence-electron chi connectivity index (χ4n) is 2.21. The minimum Gasteiger partial charge on any atom is -0.385 e. The van der Waals surface area contributed by atoms with E-state index in [2.05, 4.69) is 5.32 Å². The van der Waals surface area contributed by atoms with Crippen molar-refractivity contribution in [2.45, 2.75) is 32.2 Å². The van der Waals surface area contributed by atoms with Gasteiger partial charge in [0.2, 0.25) is 5.91 Å². The topological polar surface area (TPSA) is 41.6 Å². The van der Waals surface area contributed by atoms with Gasteiger partial charge in [-0.1, -0.05) is 0 Å². The van der Waals surface area contributed by atoms with Crippen LogP contribution >= 0.6 is 0 Å². The van der Waals surface area contributed by atoms with Crippen molar-refractivity contribution in [1.82, 2.24) is 10.2 Å². The van der Waals surface area contributed by atoms with Crippen LogP contribution in [-0.4, -0.2) is 43.8 Å². The second-order valence-corrected chi connectivity index (χ2v) is 4.86. The molecule has 2 aliphatic rings. The first kappa shape index (κ1) is 10.9. The molecule has 1 unspecified atom stereocenters. The van der Waals surface area contributed by atoms with Crippen LogP contribution in [0.25, 0.3) is 0 Å². The van der Waals surface area contributed by atoms with E-state index < -0.39 is 0 Å². The maximum atomic E-state index is 11.7. The fourth-order valence-corrected chi connectivity index (χ4v) is 2.21. The highest BCUT2D eigenvalue weighted by Gasteiger charge is 2.45. The van der Waals surface area contributed by atoms with Gasteiger partial charge >= 0.3 is 0 Å². The third-order valence-corrected chi connectivity index (χ3v) is 3.59. The van der Waals surface area contributed by atoms with Crippen molar-refractivity contribution in [3.05, 3.63) is 0 Å². The molecule has 0 aromatic heterocycles. The van der Waals surface area contributed by atoms with Crippen LogP contribution in [-0.2, 0) is 9.53 Å². The van der Waals surface area contributed by atoms with Gasteiger partial charge in [0.05, 0.1) is 12.7 Å². The molecule has 0 aromatic carbocycles. The average molecular weight is 212 g/mol. The van der Waals surface area contributed by atoms with Crippen molar-refractivity contribution >= 4 is 5.91 Å². The van der Waals surface area contributed by atoms with Crippen LogP contribution in [0.3, 0.4) is 0 Å². The molecule has 86 valence electrons. The highest BCUT2D eigenvalue weighted by molar-refractivity contribution is 5.83. The molecule has 1 saturated carbocycles. The van der Waals surface area contributed by atoms with E-state index in [9.17, 15) is 4.79 Å². The molecule has 15 heavy (non-hydrogen) atoms. The van der Waals surface area contributed by atoms with Gasteiger partial charge in [-0.2, -0.15) is 0 Å². The summed E-state index contributed by atoms with van der Waals surface area (Å²) in [6, 6.07) is 0.00299. The molecule has 4 nitrogen and oxygen atoms in total. The van der Waals surface area contributed by atoms with Crippen LogP contribution in [0, 0.1) is 5.41 Å². The SMILES string of the molecule is COCCC1(CN2CNC(C)C2=O)CC1. The number of carbonyl (C=O) groups excluding carboxylic acids is 1. The maximum Gasteiger partial charge on any atom is 0.240 e. The lowest BCUT2D eigenvalue weighted by Gasteiger charge is -2.22. The molecule has 4 heteroatoms. The monoisotopic (exact) mass is 212 g/mol. The minimum atomic E-state index is 0.00299. The molecule has 1 heterocycles. The summed E-state index contributed by atoms with van der Waals surface area (Å²) >= 11 is 0. The van der Waals surface area contributed by atoms with Crippen molar-refractivity contribution in [3.63, 3.8) is 0 Å². The average Bonchev–Trinajstić information content (AvgIpc) is 2.93. The predicted molar refractivity (Wildman–Crippen MR) is 57.3 cm³/mol. The van der Waals surface area contributed by atoms with Gasteiger partial charge in [0.15, 0.2) is 0 Å². The molecule has 1 N–H and O–H groups in total. The van der Waals surface area contributed by atoms with E-state index in [1.165, 1.54) is 12.8 Å². The highest BCUT2D eigenvalue weighted by Crippen LogP contribution is 2.49. The summed E-state index contributed by atoms with van der Waals surface area (Å²) in [7, 11) is 1.74. The quantitative estimate of drug-likeness (QED) is 0.725. The Morgan fingerprint density at radius 3 is 2.80 bits per heavy atom. The molecular formula is C11H20N2O2. The number of methoxy groups -OCH3 is 1. The minimum absolute atomic E-state index is 0.00299. The van der Waals surface area contributed by atoms with E-state index in [1.807, 2.05) is 11.8 Å². The molecule has 1 saturated heterocycles. The summed E-state index contributed by atoms with van der Waals surface area (Å²) in [4.78, 5) is 13.7. The number of carbonyl (C=O) groups is 1. The lowest BCUT2D eigenvalue weighted by Crippen LogP contribution is -2.34. The molecule has 0 bridgehead atoms. The largest absolute Gasteiger partial charge is 0.385 e. The fraction of sp³-hybridized carbons (Fsp3) is 0.909. The Hall–Kier alpha value is -0.610. The first-order valence-electron chi connectivity index (χ1n) is 5.68. The Balaban J connectivity index is 1.84. The van der Waals surface area contributed by atoms with Gasteiger partial charge in [0.1, 0.15) is 0 Å². The van der Waals surface area contributed by atoms with E-state index in [0.717, 1.165) is 19.6 Å². The molecule has 1 aliphatic heterocycles. The Morgan fingerprint density at radius 1 is 1.60 bits per heavy atom. The summed E-state index contributed by atoms with van der Waals surface area (Å²) in [5.41, 5.74) is 0.372. The number of ether oxygens (including phenoxy) is 1. The van der Waals surface area contributed by atoms with Gasteiger partial charge in [-0.15, -0.1) is 0 Å². The van der Waals surface area contributed by atoms with Gasteiger partial charge in [0.25, 0.3) is 0 Å². The van der Waals surface area contributed by atoms with E-state index >= 15 is 0 Å². The highest BCUT2D eigenvalue weighted by atomic mass is 16.5. The number of rotatable bonds is 5. The zero-order valence-electron chi connectivity index (χ0n) is 9.58. The lowest BCUT2D eigenvalue weighted by molar-refractivity contribution is -0.129. The summed E-state index contributed by atoms with van der Waals surface area (Å²) < 4.78 is 5.11. The molecular weight excluding hydrogens is 192 g/mol. The van der Waals surface area contributed by atoms with Crippen molar-refractivity contribution in [3.8, 4) is 0 Å². The van der Waals surface area contributed by atoms with Crippen molar-refractivity contribution in [2.24, 2.45) is 5.41 Å². The number of amides is 1. The second-order valence-electron chi connectivity index (χ2n) is 4.86. The number of hydrogen-bond donors (Lipinski definition) is 1. The standard InChI is InChI=1S/C11H20N2O2/c1-9-10(14)13(8-12-9)7-11(3-4-11)5-6-15-2/h9,12H,3-8H2,1-2H3. The van der Waals surface area contributed by atoms with E-state index in [4.69, 9.17) is 4.74 Å². The zero-order valence-corrected chi connectivity index (χ0v) is 9.58. The van der Waals surface area contributed by atoms with E-state index in [0.29, 0.717) is 12.1 Å². The van der Waals surface area contributed by atoms with E-state index in [1.54, 1.807) is 7.11 Å². The molecule has 1 aliphatic carbocycles. The van der Waals surface area contributed by atoms with Gasteiger partial charge < -0.3 is 9.64 Å². The summed E-state index contributed by atoms with van der Waals surface area (Å²) in [5.74, 6) is 0.249. The number of nitrogens with one attached hydrogen (secondary N) is 1. The lowest BCUT2D eigenvalue weighted by atomic mass is 10.0. The van der Waals surface area contributed by atoms with Crippen LogP contribution in [0.2, 0.25) is 0 Å². The van der Waals surface area contributed by atoms with Crippen molar-refractivity contribution in [2.75, 3.05) is 26.9 Å². The Bertz CT molecular complexity index is 251. The van der Waals surface area contributed by atoms with Crippen LogP contribution < -0.4 is 5.32 Å². The van der Waals surface area contributed by atoms with Gasteiger partial charge in [-0.25, -0.2) is 0 Å². The number of hydrogen-bond acceptors (Lipinski definition) is 3. The first-order chi connectivity index (χ1) is 7.17. The maximum absolute atomic E-state index is 11.7. The normalized spacial score (nSPS) is 28.5. The third-order valence-electron chi connectivity index (χ3n) is 3.59. The van der Waals surface area contributed by atoms with Crippen LogP contribution in [0.15, 0.2) is 0 Å². The molecule has 2 rings (SSSR count). The molecule has 1 atom stereocenters. The number of nitrogens with zero attached hydrogens (tertiary/aromatic N) is 1. The Kier molecular flexibility index (Phi) is 2.98. The molecule has 0 radical (unpaired) electrons. The van der Waals surface area contributed by atoms with Crippen molar-refractivity contribution < 1.29 is 9.53 Å². The van der Waals surface area contributed by atoms with Crippen LogP contribution in [0.4, 0.5) is 0 Å². The molecule has 2 fully saturated rings. The molecule has 1 amide bonds. The smallest absolute Gasteiger partial charge is 0.240 e. The van der Waals surface area contributed by atoms with Gasteiger partial charge in [-0.3, -0.25) is 10.1 Å². The van der Waals surface area contributed by atoms with Crippen LogP contribution in [0.1, 0.15) is 26.2 Å². The summed E-state index contributed by atoms with van der Waals surface area (Å²) in [6.45, 7) is 4.36. The third kappa shape index (κ3) is 2.32. The van der Waals surface area contributed by atoms with Gasteiger partial charge in [0, 0.05) is 20.3 Å². The van der Waals surface area contributed by atoms with Crippen LogP contribution in [0.5, 0.6) is 0 Å². The zero-order chi connectivity index (χ0) is 10.9. The van der Waals surface area contributed by atoms with Gasteiger partial charge in [-0.05, 0) is 31.6 Å². The first-order valence-corrected chi connectivity index (χ1v) is 5.68. The summed E-state index contributed by atoms with van der Waals surface area (Å²) in [5, 5.41) is 3.17. The van der Waals surface area contributed by atoms with E-state index in [-0.39, 0.29) is 11.9 Å². The molecule has 0 aromatic rings. The van der Waals surface area contributed by atoms with Crippen molar-refractivity contribution in [1.29, 1.82) is 0 Å². The second kappa shape index (κ2) is 4.10.